The minimum absolute atomic E-state index is 0.0260. The lowest BCUT2D eigenvalue weighted by Gasteiger charge is -2.26. The van der Waals surface area contributed by atoms with Crippen LogP contribution >= 0.6 is 0 Å². The third-order valence-corrected chi connectivity index (χ3v) is 4.16. The van der Waals surface area contributed by atoms with Crippen LogP contribution in [0.4, 0.5) is 11.4 Å². The Kier molecular flexibility index (Phi) is 6.29. The molecular weight excluding hydrogens is 362 g/mol. The molecule has 0 fully saturated rings. The molecular formula is C19H23N5O4. The summed E-state index contributed by atoms with van der Waals surface area (Å²) in [5.74, 6) is -2.52. The molecule has 2 amide bonds. The molecule has 2 rings (SSSR count). The van der Waals surface area contributed by atoms with Gasteiger partial charge in [-0.1, -0.05) is 6.92 Å². The number of carbonyl (C=O) groups excluding carboxylic acids is 2. The number of nitrogens with two attached hydrogens (primary N) is 1. The average Bonchev–Trinajstić information content (AvgIpc) is 3.05. The Morgan fingerprint density at radius 3 is 2.46 bits per heavy atom. The molecule has 9 nitrogen and oxygen atoms in total. The fourth-order valence-corrected chi connectivity index (χ4v) is 2.96. The Labute approximate surface area is 162 Å². The summed E-state index contributed by atoms with van der Waals surface area (Å²) in [6.07, 6.45) is 0.568. The van der Waals surface area contributed by atoms with Crippen LogP contribution in [-0.4, -0.2) is 45.9 Å². The number of aliphatic imine (C=N–C) groups is 1. The van der Waals surface area contributed by atoms with Crippen molar-refractivity contribution in [2.45, 2.75) is 33.7 Å². The molecule has 0 saturated heterocycles. The molecule has 0 saturated carbocycles. The largest absolute Gasteiger partial charge is 0.478 e. The average molecular weight is 385 g/mol. The molecule has 0 unspecified atom stereocenters. The number of anilines is 1. The van der Waals surface area contributed by atoms with Crippen LogP contribution in [0.1, 0.15) is 57.2 Å². The highest BCUT2D eigenvalue weighted by Gasteiger charge is 2.28. The maximum atomic E-state index is 13.3. The molecule has 0 bridgehead atoms. The summed E-state index contributed by atoms with van der Waals surface area (Å²) in [5, 5.41) is 14.0. The Morgan fingerprint density at radius 2 is 1.96 bits per heavy atom. The Morgan fingerprint density at radius 1 is 1.29 bits per heavy atom. The Hall–Kier alpha value is -3.49. The molecule has 1 heterocycles. The van der Waals surface area contributed by atoms with Crippen LogP contribution in [0.5, 0.6) is 0 Å². The second kappa shape index (κ2) is 8.47. The molecule has 2 aromatic rings. The molecule has 0 aliphatic rings. The van der Waals surface area contributed by atoms with Gasteiger partial charge in [0, 0.05) is 18.7 Å². The highest BCUT2D eigenvalue weighted by molar-refractivity contribution is 6.12. The first kappa shape index (κ1) is 20.8. The van der Waals surface area contributed by atoms with Crippen molar-refractivity contribution in [1.29, 1.82) is 0 Å². The van der Waals surface area contributed by atoms with Crippen molar-refractivity contribution in [3.63, 3.8) is 0 Å². The van der Waals surface area contributed by atoms with Crippen LogP contribution in [0.15, 0.2) is 23.2 Å². The van der Waals surface area contributed by atoms with Crippen molar-refractivity contribution >= 4 is 35.9 Å². The summed E-state index contributed by atoms with van der Waals surface area (Å²) in [4.78, 5) is 41.9. The highest BCUT2D eigenvalue weighted by atomic mass is 16.4. The maximum Gasteiger partial charge on any atom is 0.337 e. The quantitative estimate of drug-likeness (QED) is 0.674. The zero-order valence-corrected chi connectivity index (χ0v) is 16.1. The Bertz CT molecular complexity index is 948. The first-order valence-electron chi connectivity index (χ1n) is 8.79. The maximum absolute atomic E-state index is 13.3. The summed E-state index contributed by atoms with van der Waals surface area (Å²) < 4.78 is 1.56. The van der Waals surface area contributed by atoms with Gasteiger partial charge in [-0.2, -0.15) is 5.10 Å². The monoisotopic (exact) mass is 385 g/mol. The molecule has 1 aromatic carbocycles. The van der Waals surface area contributed by atoms with Crippen molar-refractivity contribution in [2.75, 3.05) is 11.4 Å². The fraction of sp³-hybridized carbons (Fsp3) is 0.316. The number of carbonyl (C=O) groups is 3. The summed E-state index contributed by atoms with van der Waals surface area (Å²) in [6, 6.07) is 4.12. The molecule has 1 aromatic heterocycles. The number of benzene rings is 1. The number of carboxylic acids is 1. The van der Waals surface area contributed by atoms with Gasteiger partial charge in [-0.3, -0.25) is 19.3 Å². The number of primary amides is 1. The van der Waals surface area contributed by atoms with Crippen molar-refractivity contribution in [2.24, 2.45) is 10.7 Å². The number of amides is 2. The Balaban J connectivity index is 2.74. The van der Waals surface area contributed by atoms with Gasteiger partial charge < -0.3 is 15.7 Å². The van der Waals surface area contributed by atoms with E-state index in [1.807, 2.05) is 13.8 Å². The smallest absolute Gasteiger partial charge is 0.337 e. The van der Waals surface area contributed by atoms with Crippen molar-refractivity contribution in [3.8, 4) is 0 Å². The summed E-state index contributed by atoms with van der Waals surface area (Å²) >= 11 is 0. The normalized spacial score (nSPS) is 10.5. The van der Waals surface area contributed by atoms with Crippen molar-refractivity contribution in [3.05, 3.63) is 40.7 Å². The second-order valence-electron chi connectivity index (χ2n) is 6.16. The van der Waals surface area contributed by atoms with Gasteiger partial charge in [0.1, 0.15) is 5.69 Å². The first-order valence-corrected chi connectivity index (χ1v) is 8.79. The van der Waals surface area contributed by atoms with Gasteiger partial charge >= 0.3 is 5.97 Å². The summed E-state index contributed by atoms with van der Waals surface area (Å²) in [6.45, 7) is 9.67. The van der Waals surface area contributed by atoms with Crippen LogP contribution in [0.2, 0.25) is 0 Å². The number of rotatable bonds is 8. The van der Waals surface area contributed by atoms with Crippen molar-refractivity contribution in [1.82, 2.24) is 9.78 Å². The van der Waals surface area contributed by atoms with E-state index < -0.39 is 17.8 Å². The molecule has 0 aliphatic heterocycles. The van der Waals surface area contributed by atoms with Gasteiger partial charge in [-0.05, 0) is 45.2 Å². The van der Waals surface area contributed by atoms with Crippen LogP contribution in [0, 0.1) is 6.92 Å². The number of aromatic carboxylic acids is 1. The standard InChI is InChI=1S/C19H23N5O4/c1-5-7-23(18(26)15-8-11(3)22-24(15)6-2)16-13(19(27)28)9-12(17(20)25)10-14(16)21-4/h8-10H,4-7H2,1-3H3,(H2,20,25)(H,27,28). The van der Waals surface area contributed by atoms with E-state index in [0.29, 0.717) is 24.4 Å². The van der Waals surface area contributed by atoms with Gasteiger partial charge in [0.05, 0.1) is 22.6 Å². The van der Waals surface area contributed by atoms with Gasteiger partial charge in [-0.15, -0.1) is 0 Å². The van der Waals surface area contributed by atoms with Crippen LogP contribution < -0.4 is 10.6 Å². The van der Waals surface area contributed by atoms with Gasteiger partial charge in [0.2, 0.25) is 5.91 Å². The zero-order valence-electron chi connectivity index (χ0n) is 16.1. The van der Waals surface area contributed by atoms with E-state index in [9.17, 15) is 19.5 Å². The SMILES string of the molecule is C=Nc1cc(C(N)=O)cc(C(=O)O)c1N(CCC)C(=O)c1cc(C)nn1CC. The third-order valence-electron chi connectivity index (χ3n) is 4.16. The molecule has 148 valence electrons. The summed E-state index contributed by atoms with van der Waals surface area (Å²) in [5.41, 5.74) is 6.19. The van der Waals surface area contributed by atoms with E-state index in [1.54, 1.807) is 17.7 Å². The number of carboxylic acid groups (broad SMARTS) is 1. The van der Waals surface area contributed by atoms with E-state index in [2.05, 4.69) is 16.8 Å². The lowest BCUT2D eigenvalue weighted by molar-refractivity contribution is 0.0697. The first-order chi connectivity index (χ1) is 13.2. The number of hydrogen-bond acceptors (Lipinski definition) is 5. The third kappa shape index (κ3) is 3.93. The lowest BCUT2D eigenvalue weighted by atomic mass is 10.0. The van der Waals surface area contributed by atoms with Gasteiger partial charge in [-0.25, -0.2) is 4.79 Å². The van der Waals surface area contributed by atoms with Crippen molar-refractivity contribution < 1.29 is 19.5 Å². The van der Waals surface area contributed by atoms with E-state index in [0.717, 1.165) is 6.07 Å². The number of hydrogen-bond donors (Lipinski definition) is 2. The zero-order chi connectivity index (χ0) is 21.0. The van der Waals surface area contributed by atoms with Gasteiger partial charge in [0.25, 0.3) is 5.91 Å². The predicted molar refractivity (Wildman–Crippen MR) is 106 cm³/mol. The van der Waals surface area contributed by atoms with E-state index in [1.165, 1.54) is 11.0 Å². The molecule has 0 spiro atoms. The van der Waals surface area contributed by atoms with Crippen LogP contribution in [-0.2, 0) is 6.54 Å². The molecule has 0 aliphatic carbocycles. The van der Waals surface area contributed by atoms with E-state index in [-0.39, 0.29) is 29.0 Å². The molecule has 0 radical (unpaired) electrons. The van der Waals surface area contributed by atoms with Crippen LogP contribution in [0.25, 0.3) is 0 Å². The molecule has 9 heteroatoms. The summed E-state index contributed by atoms with van der Waals surface area (Å²) in [7, 11) is 0. The minimum Gasteiger partial charge on any atom is -0.478 e. The molecule has 0 atom stereocenters. The molecule has 3 N–H and O–H groups in total. The van der Waals surface area contributed by atoms with E-state index in [4.69, 9.17) is 5.73 Å². The highest BCUT2D eigenvalue weighted by Crippen LogP contribution is 2.35. The number of aromatic nitrogens is 2. The number of nitrogens with zero attached hydrogens (tertiary/aromatic N) is 4. The predicted octanol–water partition coefficient (Wildman–Crippen LogP) is 2.40. The fourth-order valence-electron chi connectivity index (χ4n) is 2.96. The number of aryl methyl sites for hydroxylation is 2. The second-order valence-corrected chi connectivity index (χ2v) is 6.16. The van der Waals surface area contributed by atoms with E-state index >= 15 is 0 Å². The lowest BCUT2D eigenvalue weighted by Crippen LogP contribution is -2.35. The minimum atomic E-state index is -1.31. The van der Waals surface area contributed by atoms with Crippen LogP contribution in [0.3, 0.4) is 0 Å². The molecule has 28 heavy (non-hydrogen) atoms. The topological polar surface area (TPSA) is 131 Å². The van der Waals surface area contributed by atoms with Gasteiger partial charge in [0.15, 0.2) is 0 Å².